The first-order chi connectivity index (χ1) is 18.5. The molecule has 17 heteroatoms. The maximum atomic E-state index is 12.7. The number of ether oxygens (including phenoxy) is 2. The third-order valence-electron chi connectivity index (χ3n) is 4.29. The van der Waals surface area contributed by atoms with Crippen molar-refractivity contribution in [3.8, 4) is 11.5 Å². The molecule has 0 unspecified atom stereocenters. The molecule has 0 bridgehead atoms. The summed E-state index contributed by atoms with van der Waals surface area (Å²) in [6.45, 7) is 0. The molecular formula is C22H19Cl2FN8O6. The van der Waals surface area contributed by atoms with Crippen LogP contribution in [0.1, 0.15) is 0 Å². The van der Waals surface area contributed by atoms with E-state index in [9.17, 15) is 24.6 Å². The second-order valence-electron chi connectivity index (χ2n) is 6.80. The molecule has 3 N–H and O–H groups in total. The van der Waals surface area contributed by atoms with Crippen molar-refractivity contribution in [2.75, 3.05) is 25.3 Å². The van der Waals surface area contributed by atoms with Crippen LogP contribution in [0.3, 0.4) is 0 Å². The predicted octanol–water partition coefficient (Wildman–Crippen LogP) is 5.25. The van der Waals surface area contributed by atoms with E-state index >= 15 is 0 Å². The van der Waals surface area contributed by atoms with E-state index in [0.29, 0.717) is 23.1 Å². The van der Waals surface area contributed by atoms with Gasteiger partial charge < -0.3 is 20.5 Å². The van der Waals surface area contributed by atoms with Gasteiger partial charge in [0, 0.05) is 12.4 Å². The van der Waals surface area contributed by atoms with Crippen molar-refractivity contribution in [1.82, 2.24) is 19.9 Å². The fourth-order valence-electron chi connectivity index (χ4n) is 2.54. The summed E-state index contributed by atoms with van der Waals surface area (Å²) in [5, 5.41) is 24.3. The summed E-state index contributed by atoms with van der Waals surface area (Å²) >= 11 is 11.0. The summed E-state index contributed by atoms with van der Waals surface area (Å²) in [7, 11) is 2.80. The van der Waals surface area contributed by atoms with Crippen LogP contribution >= 0.6 is 23.2 Å². The Hall–Kier alpha value is -4.89. The molecule has 14 nitrogen and oxygen atoms in total. The van der Waals surface area contributed by atoms with Crippen molar-refractivity contribution in [3.05, 3.63) is 97.5 Å². The van der Waals surface area contributed by atoms with Gasteiger partial charge in [0.2, 0.25) is 16.4 Å². The summed E-state index contributed by atoms with van der Waals surface area (Å²) in [5.74, 6) is 0.570. The molecule has 4 aromatic rings. The molecule has 0 amide bonds. The number of aromatic nitrogens is 4. The zero-order chi connectivity index (χ0) is 28.9. The van der Waals surface area contributed by atoms with Crippen LogP contribution in [0.5, 0.6) is 11.5 Å². The van der Waals surface area contributed by atoms with Crippen LogP contribution in [0.2, 0.25) is 10.6 Å². The topological polar surface area (TPSA) is 194 Å². The van der Waals surface area contributed by atoms with Crippen LogP contribution in [0, 0.1) is 26.0 Å². The van der Waals surface area contributed by atoms with Crippen molar-refractivity contribution in [2.45, 2.75) is 0 Å². The quantitative estimate of drug-likeness (QED) is 0.171. The van der Waals surface area contributed by atoms with E-state index in [0.717, 1.165) is 12.1 Å². The SMILES string of the molecule is COc1ccc(F)c([N+](=O)[O-])c1.COc1ccc(Nc2ccnc(Cl)n2)c([N+](=O)[O-])c1.Nc1ccnc(Cl)n1. The first-order valence-electron chi connectivity index (χ1n) is 10.3. The minimum Gasteiger partial charge on any atom is -0.496 e. The van der Waals surface area contributed by atoms with Crippen molar-refractivity contribution in [2.24, 2.45) is 0 Å². The van der Waals surface area contributed by atoms with Crippen molar-refractivity contribution in [1.29, 1.82) is 0 Å². The molecule has 204 valence electrons. The first kappa shape index (κ1) is 30.3. The Bertz CT molecular complexity index is 1430. The zero-order valence-electron chi connectivity index (χ0n) is 20.1. The van der Waals surface area contributed by atoms with Crippen LogP contribution in [-0.2, 0) is 0 Å². The maximum absolute atomic E-state index is 12.7. The van der Waals surface area contributed by atoms with E-state index in [4.69, 9.17) is 33.7 Å². The van der Waals surface area contributed by atoms with Gasteiger partial charge in [0.1, 0.15) is 28.8 Å². The smallest absolute Gasteiger partial charge is 0.308 e. The second kappa shape index (κ2) is 14.7. The average molecular weight is 581 g/mol. The lowest BCUT2D eigenvalue weighted by atomic mass is 10.2. The highest BCUT2D eigenvalue weighted by atomic mass is 35.5. The minimum absolute atomic E-state index is 0.0566. The molecule has 2 heterocycles. The molecule has 0 spiro atoms. The summed E-state index contributed by atoms with van der Waals surface area (Å²) in [5.41, 5.74) is 4.82. The Kier molecular flexibility index (Phi) is 11.5. The van der Waals surface area contributed by atoms with Gasteiger partial charge in [-0.3, -0.25) is 20.2 Å². The third-order valence-corrected chi connectivity index (χ3v) is 4.65. The Morgan fingerprint density at radius 1 is 0.846 bits per heavy atom. The van der Waals surface area contributed by atoms with Gasteiger partial charge in [0.15, 0.2) is 0 Å². The number of rotatable bonds is 6. The number of hydrogen-bond donors (Lipinski definition) is 2. The molecular weight excluding hydrogens is 562 g/mol. The molecule has 0 radical (unpaired) electrons. The molecule has 0 aliphatic rings. The number of nitro groups is 2. The third kappa shape index (κ3) is 9.83. The lowest BCUT2D eigenvalue weighted by molar-refractivity contribution is -0.387. The van der Waals surface area contributed by atoms with E-state index < -0.39 is 21.4 Å². The van der Waals surface area contributed by atoms with Crippen LogP contribution in [-0.4, -0.2) is 44.0 Å². The fourth-order valence-corrected chi connectivity index (χ4v) is 2.85. The number of nitrogens with one attached hydrogen (secondary N) is 1. The normalized spacial score (nSPS) is 9.67. The summed E-state index contributed by atoms with van der Waals surface area (Å²) in [6, 6.07) is 11.0. The minimum atomic E-state index is -0.860. The van der Waals surface area contributed by atoms with Crippen LogP contribution in [0.25, 0.3) is 0 Å². The molecule has 0 aliphatic heterocycles. The van der Waals surface area contributed by atoms with Gasteiger partial charge in [-0.15, -0.1) is 0 Å². The highest BCUT2D eigenvalue weighted by molar-refractivity contribution is 6.28. The number of nitrogen functional groups attached to an aromatic ring is 1. The fraction of sp³-hybridized carbons (Fsp3) is 0.0909. The van der Waals surface area contributed by atoms with E-state index in [2.05, 4.69) is 30.0 Å². The Morgan fingerprint density at radius 2 is 1.38 bits per heavy atom. The van der Waals surface area contributed by atoms with Gasteiger partial charge in [0.05, 0.1) is 36.2 Å². The van der Waals surface area contributed by atoms with Crippen molar-refractivity contribution in [3.63, 3.8) is 0 Å². The maximum Gasteiger partial charge on any atom is 0.308 e. The van der Waals surface area contributed by atoms with E-state index in [1.54, 1.807) is 18.2 Å². The monoisotopic (exact) mass is 580 g/mol. The number of anilines is 3. The first-order valence-corrected chi connectivity index (χ1v) is 11.1. The summed E-state index contributed by atoms with van der Waals surface area (Å²) in [6.07, 6.45) is 2.96. The van der Waals surface area contributed by atoms with Gasteiger partial charge in [-0.2, -0.15) is 4.39 Å². The molecule has 4 rings (SSSR count). The molecule has 2 aromatic heterocycles. The van der Waals surface area contributed by atoms with Gasteiger partial charge in [-0.05, 0) is 59.6 Å². The second-order valence-corrected chi connectivity index (χ2v) is 7.48. The highest BCUT2D eigenvalue weighted by Crippen LogP contribution is 2.31. The van der Waals surface area contributed by atoms with E-state index in [1.165, 1.54) is 44.8 Å². The number of halogens is 3. The van der Waals surface area contributed by atoms with Gasteiger partial charge >= 0.3 is 5.69 Å². The Balaban J connectivity index is 0.000000227. The molecule has 0 fully saturated rings. The number of benzene rings is 2. The molecule has 39 heavy (non-hydrogen) atoms. The van der Waals surface area contributed by atoms with Crippen LogP contribution < -0.4 is 20.5 Å². The molecule has 0 atom stereocenters. The number of nitrogens with zero attached hydrogens (tertiary/aromatic N) is 6. The number of hydrogen-bond acceptors (Lipinski definition) is 12. The van der Waals surface area contributed by atoms with Crippen molar-refractivity contribution < 1.29 is 23.7 Å². The molecule has 2 aromatic carbocycles. The summed E-state index contributed by atoms with van der Waals surface area (Å²) < 4.78 is 22.3. The van der Waals surface area contributed by atoms with E-state index in [-0.39, 0.29) is 22.0 Å². The standard InChI is InChI=1S/C11H9ClN4O3.C7H6FNO3.C4H4ClN3/c1-19-7-2-3-8(9(6-7)16(17)18)14-10-4-5-13-11(12)15-10;1-12-5-2-3-6(8)7(4-5)9(10)11;5-4-7-2-1-3(6)8-4/h2-6H,1H3,(H,13,14,15);2-4H,1H3;1-2H,(H2,6,7,8). The number of methoxy groups -OCH3 is 2. The average Bonchev–Trinajstić information content (AvgIpc) is 2.89. The molecule has 0 aliphatic carbocycles. The highest BCUT2D eigenvalue weighted by Gasteiger charge is 2.16. The predicted molar refractivity (Wildman–Crippen MR) is 141 cm³/mol. The lowest BCUT2D eigenvalue weighted by Crippen LogP contribution is -1.99. The molecule has 0 saturated heterocycles. The van der Waals surface area contributed by atoms with Crippen LogP contribution in [0.4, 0.5) is 33.1 Å². The van der Waals surface area contributed by atoms with Crippen molar-refractivity contribution >= 4 is 51.9 Å². The van der Waals surface area contributed by atoms with Crippen LogP contribution in [0.15, 0.2) is 60.9 Å². The summed E-state index contributed by atoms with van der Waals surface area (Å²) in [4.78, 5) is 34.7. The largest absolute Gasteiger partial charge is 0.496 e. The lowest BCUT2D eigenvalue weighted by Gasteiger charge is -2.07. The van der Waals surface area contributed by atoms with E-state index in [1.807, 2.05) is 0 Å². The molecule has 0 saturated carbocycles. The van der Waals surface area contributed by atoms with Gasteiger partial charge in [-0.25, -0.2) is 19.9 Å². The van der Waals surface area contributed by atoms with Gasteiger partial charge in [-0.1, -0.05) is 0 Å². The van der Waals surface area contributed by atoms with Gasteiger partial charge in [0.25, 0.3) is 5.69 Å². The Labute approximate surface area is 229 Å². The number of nitro benzene ring substituents is 2. The number of nitrogens with two attached hydrogens (primary N) is 1. The zero-order valence-corrected chi connectivity index (χ0v) is 21.6. The Morgan fingerprint density at radius 3 is 1.87 bits per heavy atom.